The van der Waals surface area contributed by atoms with Gasteiger partial charge >= 0.3 is 0 Å². The summed E-state index contributed by atoms with van der Waals surface area (Å²) in [4.78, 5) is 2.44. The third-order valence-corrected chi connectivity index (χ3v) is 3.52. The van der Waals surface area contributed by atoms with Gasteiger partial charge in [0.25, 0.3) is 0 Å². The number of nitrogens with one attached hydrogen (secondary N) is 1. The average Bonchev–Trinajstić information content (AvgIpc) is 2.77. The van der Waals surface area contributed by atoms with E-state index in [1.165, 1.54) is 5.56 Å². The molecule has 0 bridgehead atoms. The Bertz CT molecular complexity index is 242. The van der Waals surface area contributed by atoms with Crippen molar-refractivity contribution in [1.82, 2.24) is 10.2 Å². The Labute approximate surface area is 97.3 Å². The van der Waals surface area contributed by atoms with Crippen molar-refractivity contribution in [3.8, 4) is 0 Å². The van der Waals surface area contributed by atoms with Crippen LogP contribution in [-0.2, 0) is 0 Å². The van der Waals surface area contributed by atoms with Crippen LogP contribution in [0.1, 0.15) is 32.4 Å². The number of hydrogen-bond donors (Lipinski definition) is 1. The molecule has 1 N–H and O–H groups in total. The summed E-state index contributed by atoms with van der Waals surface area (Å²) in [5.41, 5.74) is 1.40. The van der Waals surface area contributed by atoms with Gasteiger partial charge in [-0.3, -0.25) is 0 Å². The van der Waals surface area contributed by atoms with Crippen molar-refractivity contribution in [1.29, 1.82) is 0 Å². The molecule has 3 heteroatoms. The Morgan fingerprint density at radius 1 is 1.40 bits per heavy atom. The van der Waals surface area contributed by atoms with E-state index in [9.17, 15) is 0 Å². The topological polar surface area (TPSA) is 15.3 Å². The highest BCUT2D eigenvalue weighted by Crippen LogP contribution is 2.14. The molecule has 15 heavy (non-hydrogen) atoms. The summed E-state index contributed by atoms with van der Waals surface area (Å²) in [6, 6.07) is 2.67. The molecule has 0 amide bonds. The number of hydrogen-bond acceptors (Lipinski definition) is 3. The highest BCUT2D eigenvalue weighted by atomic mass is 32.1. The van der Waals surface area contributed by atoms with E-state index in [2.05, 4.69) is 47.8 Å². The summed E-state index contributed by atoms with van der Waals surface area (Å²) in [5.74, 6) is 0. The van der Waals surface area contributed by atoms with Crippen molar-refractivity contribution in [2.75, 3.05) is 26.2 Å². The van der Waals surface area contributed by atoms with E-state index >= 15 is 0 Å². The van der Waals surface area contributed by atoms with E-state index in [1.54, 1.807) is 11.3 Å². The molecule has 0 aliphatic carbocycles. The fourth-order valence-electron chi connectivity index (χ4n) is 1.62. The predicted octanol–water partition coefficient (Wildman–Crippen LogP) is 2.74. The monoisotopic (exact) mass is 226 g/mol. The third-order valence-electron chi connectivity index (χ3n) is 2.82. The summed E-state index contributed by atoms with van der Waals surface area (Å²) in [5, 5.41) is 7.90. The summed E-state index contributed by atoms with van der Waals surface area (Å²) >= 11 is 1.77. The SMILES string of the molecule is CCN(CC)CCNC(C)c1ccsc1. The first kappa shape index (κ1) is 12.7. The van der Waals surface area contributed by atoms with Gasteiger partial charge in [0.1, 0.15) is 0 Å². The Morgan fingerprint density at radius 2 is 2.13 bits per heavy atom. The van der Waals surface area contributed by atoms with Crippen LogP contribution >= 0.6 is 11.3 Å². The van der Waals surface area contributed by atoms with Gasteiger partial charge in [-0.05, 0) is 42.4 Å². The quantitative estimate of drug-likeness (QED) is 0.769. The van der Waals surface area contributed by atoms with Crippen LogP contribution in [0.4, 0.5) is 0 Å². The molecule has 0 spiro atoms. The van der Waals surface area contributed by atoms with E-state index in [4.69, 9.17) is 0 Å². The van der Waals surface area contributed by atoms with Crippen molar-refractivity contribution in [2.45, 2.75) is 26.8 Å². The molecule has 0 radical (unpaired) electrons. The molecule has 0 aromatic carbocycles. The first-order valence-electron chi connectivity index (χ1n) is 5.75. The van der Waals surface area contributed by atoms with Gasteiger partial charge in [0.05, 0.1) is 0 Å². The van der Waals surface area contributed by atoms with E-state index in [0.29, 0.717) is 6.04 Å². The molecule has 1 aromatic heterocycles. The normalized spacial score (nSPS) is 13.3. The number of thiophene rings is 1. The summed E-state index contributed by atoms with van der Waals surface area (Å²) in [6.45, 7) is 11.2. The minimum Gasteiger partial charge on any atom is -0.309 e. The van der Waals surface area contributed by atoms with E-state index in [-0.39, 0.29) is 0 Å². The lowest BCUT2D eigenvalue weighted by atomic mass is 10.2. The zero-order valence-electron chi connectivity index (χ0n) is 9.99. The molecular weight excluding hydrogens is 204 g/mol. The van der Waals surface area contributed by atoms with Gasteiger partial charge in [0.2, 0.25) is 0 Å². The van der Waals surface area contributed by atoms with Gasteiger partial charge in [0, 0.05) is 19.1 Å². The van der Waals surface area contributed by atoms with Crippen molar-refractivity contribution in [3.05, 3.63) is 22.4 Å². The smallest absolute Gasteiger partial charge is 0.0300 e. The van der Waals surface area contributed by atoms with Crippen molar-refractivity contribution in [3.63, 3.8) is 0 Å². The van der Waals surface area contributed by atoms with Gasteiger partial charge in [-0.25, -0.2) is 0 Å². The molecule has 0 aliphatic heterocycles. The lowest BCUT2D eigenvalue weighted by Gasteiger charge is -2.20. The second-order valence-corrected chi connectivity index (χ2v) is 4.54. The average molecular weight is 226 g/mol. The summed E-state index contributed by atoms with van der Waals surface area (Å²) in [6.07, 6.45) is 0. The summed E-state index contributed by atoms with van der Waals surface area (Å²) in [7, 11) is 0. The highest BCUT2D eigenvalue weighted by Gasteiger charge is 2.05. The Kier molecular flexibility index (Phi) is 5.91. The molecule has 0 aliphatic rings. The minimum atomic E-state index is 0.479. The fourth-order valence-corrected chi connectivity index (χ4v) is 2.37. The second-order valence-electron chi connectivity index (χ2n) is 3.76. The number of likely N-dealkylation sites (N-methyl/N-ethyl adjacent to an activating group) is 1. The number of rotatable bonds is 7. The lowest BCUT2D eigenvalue weighted by Crippen LogP contribution is -2.32. The van der Waals surface area contributed by atoms with Crippen LogP contribution in [0.25, 0.3) is 0 Å². The van der Waals surface area contributed by atoms with Gasteiger partial charge in [-0.1, -0.05) is 13.8 Å². The molecule has 1 heterocycles. The Morgan fingerprint density at radius 3 is 2.67 bits per heavy atom. The Balaban J connectivity index is 2.20. The van der Waals surface area contributed by atoms with Crippen LogP contribution in [0.5, 0.6) is 0 Å². The second kappa shape index (κ2) is 6.99. The number of nitrogens with zero attached hydrogens (tertiary/aromatic N) is 1. The first-order chi connectivity index (χ1) is 7.27. The molecule has 0 saturated heterocycles. The third kappa shape index (κ3) is 4.33. The lowest BCUT2D eigenvalue weighted by molar-refractivity contribution is 0.298. The largest absolute Gasteiger partial charge is 0.309 e. The molecule has 86 valence electrons. The van der Waals surface area contributed by atoms with Gasteiger partial charge < -0.3 is 10.2 Å². The van der Waals surface area contributed by atoms with Crippen molar-refractivity contribution in [2.24, 2.45) is 0 Å². The van der Waals surface area contributed by atoms with Crippen LogP contribution in [-0.4, -0.2) is 31.1 Å². The molecule has 1 rings (SSSR count). The van der Waals surface area contributed by atoms with Crippen molar-refractivity contribution >= 4 is 11.3 Å². The Hall–Kier alpha value is -0.380. The molecule has 0 saturated carbocycles. The maximum absolute atomic E-state index is 3.55. The molecule has 0 fully saturated rings. The zero-order chi connectivity index (χ0) is 11.1. The maximum Gasteiger partial charge on any atom is 0.0300 e. The van der Waals surface area contributed by atoms with Gasteiger partial charge in [-0.15, -0.1) is 0 Å². The van der Waals surface area contributed by atoms with Gasteiger partial charge in [-0.2, -0.15) is 11.3 Å². The maximum atomic E-state index is 3.55. The summed E-state index contributed by atoms with van der Waals surface area (Å²) < 4.78 is 0. The predicted molar refractivity (Wildman–Crippen MR) is 68.5 cm³/mol. The first-order valence-corrected chi connectivity index (χ1v) is 6.70. The van der Waals surface area contributed by atoms with Crippen LogP contribution in [0.3, 0.4) is 0 Å². The van der Waals surface area contributed by atoms with Crippen LogP contribution in [0.2, 0.25) is 0 Å². The minimum absolute atomic E-state index is 0.479. The van der Waals surface area contributed by atoms with Crippen LogP contribution in [0, 0.1) is 0 Å². The standard InChI is InChI=1S/C12H22N2S/c1-4-14(5-2)8-7-13-11(3)12-6-9-15-10-12/h6,9-11,13H,4-5,7-8H2,1-3H3. The fraction of sp³-hybridized carbons (Fsp3) is 0.667. The molecular formula is C12H22N2S. The van der Waals surface area contributed by atoms with E-state index in [0.717, 1.165) is 26.2 Å². The van der Waals surface area contributed by atoms with Crippen LogP contribution < -0.4 is 5.32 Å². The molecule has 1 atom stereocenters. The van der Waals surface area contributed by atoms with Gasteiger partial charge in [0.15, 0.2) is 0 Å². The molecule has 1 aromatic rings. The van der Waals surface area contributed by atoms with Crippen LogP contribution in [0.15, 0.2) is 16.8 Å². The molecule has 1 unspecified atom stereocenters. The molecule has 2 nitrogen and oxygen atoms in total. The van der Waals surface area contributed by atoms with Crippen molar-refractivity contribution < 1.29 is 0 Å². The van der Waals surface area contributed by atoms with E-state index < -0.39 is 0 Å². The van der Waals surface area contributed by atoms with E-state index in [1.807, 2.05) is 0 Å². The highest BCUT2D eigenvalue weighted by molar-refractivity contribution is 7.07. The zero-order valence-corrected chi connectivity index (χ0v) is 10.8.